The van der Waals surface area contributed by atoms with E-state index < -0.39 is 0 Å². The summed E-state index contributed by atoms with van der Waals surface area (Å²) in [7, 11) is 0. The average Bonchev–Trinajstić information content (AvgIpc) is 3.03. The second-order valence-corrected chi connectivity index (χ2v) is 4.80. The first-order valence-corrected chi connectivity index (χ1v) is 6.68. The van der Waals surface area contributed by atoms with E-state index in [2.05, 4.69) is 26.2 Å². The first-order chi connectivity index (χ1) is 9.83. The van der Waals surface area contributed by atoms with Crippen molar-refractivity contribution in [3.8, 4) is 5.69 Å². The van der Waals surface area contributed by atoms with Crippen LogP contribution in [-0.2, 0) is 0 Å². The molecule has 1 aliphatic rings. The minimum atomic E-state index is -0.0276. The van der Waals surface area contributed by atoms with Crippen LogP contribution in [0.5, 0.6) is 0 Å². The monoisotopic (exact) mass is 308 g/mol. The van der Waals surface area contributed by atoms with Gasteiger partial charge in [-0.3, -0.25) is 4.79 Å². The summed E-state index contributed by atoms with van der Waals surface area (Å²) in [5.41, 5.74) is 1.48. The van der Waals surface area contributed by atoms with Crippen molar-refractivity contribution in [3.63, 3.8) is 0 Å². The summed E-state index contributed by atoms with van der Waals surface area (Å²) in [5, 5.41) is 17.3. The molecule has 7 nitrogen and oxygen atoms in total. The van der Waals surface area contributed by atoms with E-state index in [1.165, 1.54) is 6.33 Å². The number of benzene rings is 1. The standard InChI is InChI=1S/C13H16N6O.ClH/c20-13(16-11-5-7-14-8-6-11)10-1-3-12(4-2-10)19-9-15-17-18-19;/h1-4,9,11,14H,5-8H2,(H,16,20);1H. The van der Waals surface area contributed by atoms with Gasteiger partial charge in [-0.1, -0.05) is 0 Å². The van der Waals surface area contributed by atoms with Gasteiger partial charge in [-0.15, -0.1) is 17.5 Å². The van der Waals surface area contributed by atoms with Gasteiger partial charge in [0.15, 0.2) is 0 Å². The molecule has 0 aliphatic carbocycles. The van der Waals surface area contributed by atoms with Crippen LogP contribution in [0.3, 0.4) is 0 Å². The normalized spacial score (nSPS) is 15.2. The van der Waals surface area contributed by atoms with Gasteiger partial charge >= 0.3 is 0 Å². The Bertz CT molecular complexity index is 565. The first-order valence-electron chi connectivity index (χ1n) is 6.68. The third-order valence-corrected chi connectivity index (χ3v) is 3.42. The van der Waals surface area contributed by atoms with Gasteiger partial charge in [0.1, 0.15) is 6.33 Å². The number of nitrogens with one attached hydrogen (secondary N) is 2. The zero-order valence-corrected chi connectivity index (χ0v) is 12.2. The van der Waals surface area contributed by atoms with Crippen LogP contribution in [-0.4, -0.2) is 45.2 Å². The molecule has 0 radical (unpaired) electrons. The molecular formula is C13H17ClN6O. The fourth-order valence-corrected chi connectivity index (χ4v) is 2.28. The summed E-state index contributed by atoms with van der Waals surface area (Å²) in [6.07, 6.45) is 3.48. The van der Waals surface area contributed by atoms with E-state index >= 15 is 0 Å². The van der Waals surface area contributed by atoms with E-state index in [1.54, 1.807) is 16.8 Å². The molecule has 0 atom stereocenters. The highest BCUT2D eigenvalue weighted by Gasteiger charge is 2.16. The molecule has 112 valence electrons. The third-order valence-electron chi connectivity index (χ3n) is 3.42. The highest BCUT2D eigenvalue weighted by atomic mass is 35.5. The van der Waals surface area contributed by atoms with Crippen molar-refractivity contribution < 1.29 is 4.79 Å². The number of aromatic nitrogens is 4. The Hall–Kier alpha value is -1.99. The molecule has 0 unspecified atom stereocenters. The lowest BCUT2D eigenvalue weighted by Gasteiger charge is -2.23. The van der Waals surface area contributed by atoms with E-state index in [4.69, 9.17) is 0 Å². The Morgan fingerprint density at radius 3 is 2.57 bits per heavy atom. The van der Waals surface area contributed by atoms with Crippen LogP contribution in [0.4, 0.5) is 0 Å². The quantitative estimate of drug-likeness (QED) is 0.866. The molecule has 1 saturated heterocycles. The summed E-state index contributed by atoms with van der Waals surface area (Å²) in [5.74, 6) is -0.0276. The minimum Gasteiger partial charge on any atom is -0.349 e. The van der Waals surface area contributed by atoms with Crippen molar-refractivity contribution >= 4 is 18.3 Å². The number of carbonyl (C=O) groups excluding carboxylic acids is 1. The Labute approximate surface area is 128 Å². The first kappa shape index (κ1) is 15.4. The van der Waals surface area contributed by atoms with Gasteiger partial charge in [0.2, 0.25) is 0 Å². The van der Waals surface area contributed by atoms with Crippen molar-refractivity contribution in [1.82, 2.24) is 30.8 Å². The summed E-state index contributed by atoms with van der Waals surface area (Å²) < 4.78 is 1.55. The maximum Gasteiger partial charge on any atom is 0.251 e. The van der Waals surface area contributed by atoms with E-state index in [9.17, 15) is 4.79 Å². The van der Waals surface area contributed by atoms with Gasteiger partial charge in [0.05, 0.1) is 5.69 Å². The molecule has 1 fully saturated rings. The van der Waals surface area contributed by atoms with E-state index in [0.717, 1.165) is 31.6 Å². The lowest BCUT2D eigenvalue weighted by atomic mass is 10.1. The molecule has 0 spiro atoms. The number of amides is 1. The predicted molar refractivity (Wildman–Crippen MR) is 79.8 cm³/mol. The molecule has 21 heavy (non-hydrogen) atoms. The van der Waals surface area contributed by atoms with Crippen molar-refractivity contribution in [2.24, 2.45) is 0 Å². The number of nitrogens with zero attached hydrogens (tertiary/aromatic N) is 4. The Morgan fingerprint density at radius 2 is 1.95 bits per heavy atom. The molecule has 3 rings (SSSR count). The maximum atomic E-state index is 12.1. The van der Waals surface area contributed by atoms with Crippen LogP contribution in [0.15, 0.2) is 30.6 Å². The molecule has 1 aromatic carbocycles. The number of hydrogen-bond donors (Lipinski definition) is 2. The summed E-state index contributed by atoms with van der Waals surface area (Å²) in [6.45, 7) is 1.92. The molecular weight excluding hydrogens is 292 g/mol. The molecule has 0 saturated carbocycles. The molecule has 2 heterocycles. The van der Waals surface area contributed by atoms with E-state index in [-0.39, 0.29) is 24.4 Å². The van der Waals surface area contributed by atoms with Crippen LogP contribution in [0.25, 0.3) is 5.69 Å². The second kappa shape index (κ2) is 7.14. The number of hydrogen-bond acceptors (Lipinski definition) is 5. The van der Waals surface area contributed by atoms with Gasteiger partial charge in [-0.05, 0) is 60.6 Å². The number of carbonyl (C=O) groups is 1. The number of rotatable bonds is 3. The van der Waals surface area contributed by atoms with Gasteiger partial charge < -0.3 is 10.6 Å². The van der Waals surface area contributed by atoms with Crippen LogP contribution < -0.4 is 10.6 Å². The fourth-order valence-electron chi connectivity index (χ4n) is 2.28. The highest BCUT2D eigenvalue weighted by Crippen LogP contribution is 2.09. The van der Waals surface area contributed by atoms with Crippen LogP contribution in [0.2, 0.25) is 0 Å². The molecule has 8 heteroatoms. The Kier molecular flexibility index (Phi) is 5.24. The topological polar surface area (TPSA) is 84.7 Å². The molecule has 0 bridgehead atoms. The highest BCUT2D eigenvalue weighted by molar-refractivity contribution is 5.94. The molecule has 1 aromatic heterocycles. The SMILES string of the molecule is Cl.O=C(NC1CCNCC1)c1ccc(-n2cnnn2)cc1. The third kappa shape index (κ3) is 3.77. The number of halogens is 1. The second-order valence-electron chi connectivity index (χ2n) is 4.80. The summed E-state index contributed by atoms with van der Waals surface area (Å²) in [6, 6.07) is 7.49. The van der Waals surface area contributed by atoms with E-state index in [0.29, 0.717) is 5.56 Å². The summed E-state index contributed by atoms with van der Waals surface area (Å²) in [4.78, 5) is 12.1. The fraction of sp³-hybridized carbons (Fsp3) is 0.385. The largest absolute Gasteiger partial charge is 0.349 e. The minimum absolute atomic E-state index is 0. The average molecular weight is 309 g/mol. The predicted octanol–water partition coefficient (Wildman–Crippen LogP) is 0.566. The van der Waals surface area contributed by atoms with Crippen LogP contribution in [0.1, 0.15) is 23.2 Å². The van der Waals surface area contributed by atoms with Crippen molar-refractivity contribution in [2.75, 3.05) is 13.1 Å². The van der Waals surface area contributed by atoms with Gasteiger partial charge in [-0.25, -0.2) is 4.68 Å². The van der Waals surface area contributed by atoms with Gasteiger partial charge in [-0.2, -0.15) is 0 Å². The Morgan fingerprint density at radius 1 is 1.24 bits per heavy atom. The van der Waals surface area contributed by atoms with Crippen molar-refractivity contribution in [1.29, 1.82) is 0 Å². The molecule has 1 amide bonds. The number of piperidine rings is 1. The maximum absolute atomic E-state index is 12.1. The zero-order chi connectivity index (χ0) is 13.8. The van der Waals surface area contributed by atoms with Gasteiger partial charge in [0.25, 0.3) is 5.91 Å². The zero-order valence-electron chi connectivity index (χ0n) is 11.4. The molecule has 1 aliphatic heterocycles. The smallest absolute Gasteiger partial charge is 0.251 e. The molecule has 2 aromatic rings. The van der Waals surface area contributed by atoms with Crippen molar-refractivity contribution in [2.45, 2.75) is 18.9 Å². The van der Waals surface area contributed by atoms with E-state index in [1.807, 2.05) is 12.1 Å². The van der Waals surface area contributed by atoms with Gasteiger partial charge in [0, 0.05) is 11.6 Å². The number of tetrazole rings is 1. The Balaban J connectivity index is 0.00000161. The lowest BCUT2D eigenvalue weighted by Crippen LogP contribution is -2.42. The molecule has 2 N–H and O–H groups in total. The van der Waals surface area contributed by atoms with Crippen LogP contribution in [0, 0.1) is 0 Å². The lowest BCUT2D eigenvalue weighted by molar-refractivity contribution is 0.0929. The van der Waals surface area contributed by atoms with Crippen molar-refractivity contribution in [3.05, 3.63) is 36.2 Å². The summed E-state index contributed by atoms with van der Waals surface area (Å²) >= 11 is 0. The van der Waals surface area contributed by atoms with Crippen LogP contribution >= 0.6 is 12.4 Å².